The molecule has 0 radical (unpaired) electrons. The number of methoxy groups -OCH3 is 1. The number of nitrogens with zero attached hydrogens (tertiary/aromatic N) is 4. The van der Waals surface area contributed by atoms with Crippen molar-refractivity contribution >= 4 is 42.6 Å². The lowest BCUT2D eigenvalue weighted by molar-refractivity contribution is -0.123. The Morgan fingerprint density at radius 2 is 2.03 bits per heavy atom. The van der Waals surface area contributed by atoms with E-state index in [1.807, 2.05) is 36.4 Å². The molecule has 3 aromatic rings. The van der Waals surface area contributed by atoms with Crippen LogP contribution in [-0.4, -0.2) is 55.1 Å². The lowest BCUT2D eigenvalue weighted by Crippen LogP contribution is -2.44. The molecule has 0 bridgehead atoms. The number of carbonyl (C=O) groups excluding carboxylic acids is 1. The summed E-state index contributed by atoms with van der Waals surface area (Å²) in [5.74, 6) is 0.396. The van der Waals surface area contributed by atoms with Crippen molar-refractivity contribution in [3.8, 4) is 5.75 Å². The zero-order valence-corrected chi connectivity index (χ0v) is 19.0. The van der Waals surface area contributed by atoms with E-state index < -0.39 is 10.0 Å². The Morgan fingerprint density at radius 3 is 2.68 bits per heavy atom. The van der Waals surface area contributed by atoms with Crippen LogP contribution < -0.4 is 9.64 Å². The van der Waals surface area contributed by atoms with E-state index in [0.717, 1.165) is 15.9 Å². The summed E-state index contributed by atoms with van der Waals surface area (Å²) in [6.45, 7) is 1.01. The monoisotopic (exact) mass is 460 g/mol. The molecule has 164 valence electrons. The highest BCUT2D eigenvalue weighted by Crippen LogP contribution is 2.33. The van der Waals surface area contributed by atoms with Gasteiger partial charge in [-0.3, -0.25) is 14.7 Å². The Morgan fingerprint density at radius 1 is 1.26 bits per heavy atom. The maximum absolute atomic E-state index is 13.5. The van der Waals surface area contributed by atoms with Crippen molar-refractivity contribution < 1.29 is 17.9 Å². The maximum atomic E-state index is 13.5. The largest absolute Gasteiger partial charge is 0.497 e. The Balaban J connectivity index is 1.62. The molecule has 1 fully saturated rings. The molecule has 0 N–H and O–H groups in total. The zero-order chi connectivity index (χ0) is 22.0. The first-order valence-electron chi connectivity index (χ1n) is 9.96. The van der Waals surface area contributed by atoms with Crippen LogP contribution in [0.25, 0.3) is 10.2 Å². The van der Waals surface area contributed by atoms with Gasteiger partial charge >= 0.3 is 0 Å². The molecule has 0 spiro atoms. The molecule has 1 saturated heterocycles. The van der Waals surface area contributed by atoms with Crippen molar-refractivity contribution in [1.82, 2.24) is 14.3 Å². The number of carbonyl (C=O) groups is 1. The number of aromatic nitrogens is 2. The third kappa shape index (κ3) is 4.86. The molecule has 1 aliphatic heterocycles. The van der Waals surface area contributed by atoms with Gasteiger partial charge in [-0.05, 0) is 37.1 Å². The minimum absolute atomic E-state index is 0.0511. The van der Waals surface area contributed by atoms with E-state index in [0.29, 0.717) is 43.4 Å². The quantitative estimate of drug-likeness (QED) is 0.562. The van der Waals surface area contributed by atoms with E-state index in [-0.39, 0.29) is 11.8 Å². The van der Waals surface area contributed by atoms with Gasteiger partial charge in [0, 0.05) is 31.3 Å². The minimum Gasteiger partial charge on any atom is -0.497 e. The first kappa shape index (κ1) is 21.7. The maximum Gasteiger partial charge on any atom is 0.232 e. The molecule has 1 aromatic carbocycles. The number of thiazole rings is 1. The molecule has 2 aromatic heterocycles. The fraction of sp³-hybridized carbons (Fsp3) is 0.381. The zero-order valence-electron chi connectivity index (χ0n) is 17.4. The number of pyridine rings is 1. The van der Waals surface area contributed by atoms with Crippen molar-refractivity contribution in [2.75, 3.05) is 31.4 Å². The highest BCUT2D eigenvalue weighted by atomic mass is 32.2. The van der Waals surface area contributed by atoms with Crippen molar-refractivity contribution in [2.24, 2.45) is 5.92 Å². The Kier molecular flexibility index (Phi) is 6.22. The summed E-state index contributed by atoms with van der Waals surface area (Å²) in [6, 6.07) is 11.3. The fourth-order valence-electron chi connectivity index (χ4n) is 3.69. The van der Waals surface area contributed by atoms with Crippen LogP contribution in [0.15, 0.2) is 42.6 Å². The molecule has 0 saturated carbocycles. The standard InChI is InChI=1S/C21H24N4O4S2/c1-29-17-6-7-19-18(13-17)23-21(30-19)25(14-16-5-3-4-10-22-16)20(26)15-8-11-24(12-9-15)31(2,27)28/h3-7,10,13,15H,8-9,11-12,14H2,1-2H3. The SMILES string of the molecule is COc1ccc2sc(N(Cc3ccccn3)C(=O)C3CCN(S(C)(=O)=O)CC3)nc2c1. The summed E-state index contributed by atoms with van der Waals surface area (Å²) < 4.78 is 31.3. The predicted molar refractivity (Wildman–Crippen MR) is 121 cm³/mol. The molecule has 0 unspecified atom stereocenters. The average Bonchev–Trinajstić information content (AvgIpc) is 3.20. The molecule has 31 heavy (non-hydrogen) atoms. The Labute approximate surface area is 185 Å². The second-order valence-corrected chi connectivity index (χ2v) is 10.5. The molecule has 8 nitrogen and oxygen atoms in total. The van der Waals surface area contributed by atoms with E-state index in [2.05, 4.69) is 4.98 Å². The molecular weight excluding hydrogens is 436 g/mol. The first-order chi connectivity index (χ1) is 14.8. The highest BCUT2D eigenvalue weighted by molar-refractivity contribution is 7.88. The van der Waals surface area contributed by atoms with Gasteiger partial charge in [0.25, 0.3) is 0 Å². The molecule has 0 aliphatic carbocycles. The van der Waals surface area contributed by atoms with E-state index in [1.165, 1.54) is 21.9 Å². The molecule has 0 atom stereocenters. The second kappa shape index (κ2) is 8.89. The van der Waals surface area contributed by atoms with Gasteiger partial charge in [0.15, 0.2) is 5.13 Å². The van der Waals surface area contributed by atoms with Gasteiger partial charge in [-0.1, -0.05) is 17.4 Å². The fourth-order valence-corrected chi connectivity index (χ4v) is 5.51. The van der Waals surface area contributed by atoms with Gasteiger partial charge in [-0.15, -0.1) is 0 Å². The third-order valence-corrected chi connectivity index (χ3v) is 7.76. The molecule has 10 heteroatoms. The summed E-state index contributed by atoms with van der Waals surface area (Å²) >= 11 is 1.45. The molecule has 4 rings (SSSR count). The lowest BCUT2D eigenvalue weighted by Gasteiger charge is -2.32. The van der Waals surface area contributed by atoms with Gasteiger partial charge in [-0.25, -0.2) is 17.7 Å². The van der Waals surface area contributed by atoms with Crippen LogP contribution in [0, 0.1) is 5.92 Å². The van der Waals surface area contributed by atoms with Crippen LogP contribution in [0.3, 0.4) is 0 Å². The van der Waals surface area contributed by atoms with Crippen molar-refractivity contribution in [2.45, 2.75) is 19.4 Å². The van der Waals surface area contributed by atoms with Crippen LogP contribution in [0.1, 0.15) is 18.5 Å². The predicted octanol–water partition coefficient (Wildman–Crippen LogP) is 2.90. The van der Waals surface area contributed by atoms with Crippen LogP contribution in [0.4, 0.5) is 5.13 Å². The van der Waals surface area contributed by atoms with Gasteiger partial charge in [0.1, 0.15) is 5.75 Å². The van der Waals surface area contributed by atoms with E-state index in [1.54, 1.807) is 18.2 Å². The molecule has 1 aliphatic rings. The van der Waals surface area contributed by atoms with Gasteiger partial charge in [0.05, 0.1) is 35.8 Å². The summed E-state index contributed by atoms with van der Waals surface area (Å²) in [5.41, 5.74) is 1.53. The number of rotatable bonds is 6. The van der Waals surface area contributed by atoms with Crippen molar-refractivity contribution in [3.63, 3.8) is 0 Å². The van der Waals surface area contributed by atoms with Crippen molar-refractivity contribution in [3.05, 3.63) is 48.3 Å². The number of anilines is 1. The number of benzene rings is 1. The normalized spacial score (nSPS) is 15.8. The molecule has 1 amide bonds. The number of ether oxygens (including phenoxy) is 1. The number of sulfonamides is 1. The number of hydrogen-bond acceptors (Lipinski definition) is 7. The molecular formula is C21H24N4O4S2. The van der Waals surface area contributed by atoms with Crippen LogP contribution in [-0.2, 0) is 21.4 Å². The second-order valence-electron chi connectivity index (χ2n) is 7.51. The Bertz CT molecular complexity index is 1170. The van der Waals surface area contributed by atoms with Crippen LogP contribution in [0.2, 0.25) is 0 Å². The summed E-state index contributed by atoms with van der Waals surface area (Å²) in [7, 11) is -1.64. The average molecular weight is 461 g/mol. The number of piperidine rings is 1. The van der Waals surface area contributed by atoms with Gasteiger partial charge in [-0.2, -0.15) is 0 Å². The van der Waals surface area contributed by atoms with Gasteiger partial charge in [0.2, 0.25) is 15.9 Å². The summed E-state index contributed by atoms with van der Waals surface area (Å²) in [5, 5.41) is 0.601. The Hall–Kier alpha value is -2.56. The topological polar surface area (TPSA) is 92.7 Å². The van der Waals surface area contributed by atoms with Crippen molar-refractivity contribution in [1.29, 1.82) is 0 Å². The summed E-state index contributed by atoms with van der Waals surface area (Å²) in [6.07, 6.45) is 3.89. The number of fused-ring (bicyclic) bond motifs is 1. The van der Waals surface area contributed by atoms with E-state index in [4.69, 9.17) is 9.72 Å². The smallest absolute Gasteiger partial charge is 0.232 e. The van der Waals surface area contributed by atoms with E-state index >= 15 is 0 Å². The number of hydrogen-bond donors (Lipinski definition) is 0. The van der Waals surface area contributed by atoms with E-state index in [9.17, 15) is 13.2 Å². The third-order valence-electron chi connectivity index (χ3n) is 5.40. The van der Waals surface area contributed by atoms with Crippen LogP contribution >= 0.6 is 11.3 Å². The lowest BCUT2D eigenvalue weighted by atomic mass is 9.96. The minimum atomic E-state index is -3.24. The first-order valence-corrected chi connectivity index (χ1v) is 12.6. The summed E-state index contributed by atoms with van der Waals surface area (Å²) in [4.78, 5) is 24.3. The van der Waals surface area contributed by atoms with Gasteiger partial charge < -0.3 is 4.74 Å². The van der Waals surface area contributed by atoms with Crippen LogP contribution in [0.5, 0.6) is 5.75 Å². The molecule has 3 heterocycles. The number of amides is 1. The highest BCUT2D eigenvalue weighted by Gasteiger charge is 2.33.